The molecule has 3 N–H and O–H groups in total. The molecule has 1 aromatic rings. The summed E-state index contributed by atoms with van der Waals surface area (Å²) in [6, 6.07) is 9.56. The number of nitrogens with one attached hydrogen (secondary N) is 1. The van der Waals surface area contributed by atoms with Crippen molar-refractivity contribution < 1.29 is 19.8 Å². The lowest BCUT2D eigenvalue weighted by Gasteiger charge is -2.34. The van der Waals surface area contributed by atoms with Gasteiger partial charge in [-0.15, -0.1) is 0 Å². The van der Waals surface area contributed by atoms with Crippen LogP contribution in [0.1, 0.15) is 37.3 Å². The number of nitrogens with zero attached hydrogens (tertiary/aromatic N) is 1. The minimum atomic E-state index is -1.26. The number of carbonyl (C=O) groups is 2. The zero-order valence-electron chi connectivity index (χ0n) is 15.6. The highest BCUT2D eigenvalue weighted by molar-refractivity contribution is 5.89. The molecule has 0 spiro atoms. The van der Waals surface area contributed by atoms with Gasteiger partial charge in [-0.3, -0.25) is 4.90 Å². The molecule has 1 aliphatic heterocycles. The van der Waals surface area contributed by atoms with Crippen molar-refractivity contribution in [3.05, 3.63) is 47.5 Å². The largest absolute Gasteiger partial charge is 0.478 e. The highest BCUT2D eigenvalue weighted by Gasteiger charge is 2.20. The SMILES string of the molecule is CCCN(Cc1ccccc1C)C1CCNCC1.O=C(O)/C=C/C(=O)O. The van der Waals surface area contributed by atoms with Crippen LogP contribution in [-0.4, -0.2) is 52.7 Å². The Balaban J connectivity index is 0.000000359. The predicted molar refractivity (Wildman–Crippen MR) is 102 cm³/mol. The topological polar surface area (TPSA) is 89.9 Å². The summed E-state index contributed by atoms with van der Waals surface area (Å²) in [7, 11) is 0. The second-order valence-electron chi connectivity index (χ2n) is 6.39. The predicted octanol–water partition coefficient (Wildman–Crippen LogP) is 2.67. The third-order valence-corrected chi connectivity index (χ3v) is 4.34. The van der Waals surface area contributed by atoms with E-state index in [0.29, 0.717) is 12.2 Å². The molecule has 0 aromatic heterocycles. The van der Waals surface area contributed by atoms with Crippen LogP contribution in [0.5, 0.6) is 0 Å². The first kappa shape index (κ1) is 21.9. The average molecular weight is 362 g/mol. The van der Waals surface area contributed by atoms with Crippen LogP contribution in [0.3, 0.4) is 0 Å². The zero-order chi connectivity index (χ0) is 19.4. The van der Waals surface area contributed by atoms with Crippen molar-refractivity contribution in [2.75, 3.05) is 19.6 Å². The summed E-state index contributed by atoms with van der Waals surface area (Å²) >= 11 is 0. The maximum atomic E-state index is 9.55. The van der Waals surface area contributed by atoms with Gasteiger partial charge < -0.3 is 15.5 Å². The number of carboxylic acid groups (broad SMARTS) is 2. The minimum Gasteiger partial charge on any atom is -0.478 e. The molecule has 0 amide bonds. The second kappa shape index (κ2) is 12.2. The molecule has 1 aliphatic rings. The Morgan fingerprint density at radius 2 is 1.73 bits per heavy atom. The molecule has 26 heavy (non-hydrogen) atoms. The number of carboxylic acids is 2. The van der Waals surface area contributed by atoms with E-state index in [2.05, 4.69) is 48.3 Å². The van der Waals surface area contributed by atoms with Crippen molar-refractivity contribution in [3.8, 4) is 0 Å². The Morgan fingerprint density at radius 1 is 1.15 bits per heavy atom. The number of aryl methyl sites for hydroxylation is 1. The van der Waals surface area contributed by atoms with Gasteiger partial charge in [-0.2, -0.15) is 0 Å². The molecule has 0 saturated carbocycles. The van der Waals surface area contributed by atoms with Crippen molar-refractivity contribution in [1.29, 1.82) is 0 Å². The molecule has 6 nitrogen and oxygen atoms in total. The lowest BCUT2D eigenvalue weighted by atomic mass is 10.0. The van der Waals surface area contributed by atoms with E-state index in [-0.39, 0.29) is 0 Å². The van der Waals surface area contributed by atoms with Gasteiger partial charge in [0.15, 0.2) is 0 Å². The van der Waals surface area contributed by atoms with E-state index in [1.165, 1.54) is 50.0 Å². The molecule has 6 heteroatoms. The summed E-state index contributed by atoms with van der Waals surface area (Å²) in [6.07, 6.45) is 4.96. The first-order chi connectivity index (χ1) is 12.4. The summed E-state index contributed by atoms with van der Waals surface area (Å²) < 4.78 is 0. The molecule has 1 heterocycles. The maximum absolute atomic E-state index is 9.55. The number of hydrogen-bond acceptors (Lipinski definition) is 4. The minimum absolute atomic E-state index is 0.558. The van der Waals surface area contributed by atoms with Crippen molar-refractivity contribution in [1.82, 2.24) is 10.2 Å². The van der Waals surface area contributed by atoms with Crippen LogP contribution in [0.4, 0.5) is 0 Å². The number of piperidine rings is 1. The fourth-order valence-corrected chi connectivity index (χ4v) is 3.00. The van der Waals surface area contributed by atoms with Crippen LogP contribution in [0.15, 0.2) is 36.4 Å². The van der Waals surface area contributed by atoms with Gasteiger partial charge in [-0.1, -0.05) is 31.2 Å². The molecule has 1 saturated heterocycles. The maximum Gasteiger partial charge on any atom is 0.328 e. The van der Waals surface area contributed by atoms with E-state index < -0.39 is 11.9 Å². The molecule has 1 aromatic carbocycles. The van der Waals surface area contributed by atoms with Gasteiger partial charge in [0.05, 0.1) is 0 Å². The summed E-state index contributed by atoms with van der Waals surface area (Å²) in [6.45, 7) is 9.20. The first-order valence-electron chi connectivity index (χ1n) is 9.07. The number of benzene rings is 1. The number of hydrogen-bond donors (Lipinski definition) is 3. The fourth-order valence-electron chi connectivity index (χ4n) is 3.00. The van der Waals surface area contributed by atoms with Crippen LogP contribution in [0.25, 0.3) is 0 Å². The molecule has 0 atom stereocenters. The monoisotopic (exact) mass is 362 g/mol. The van der Waals surface area contributed by atoms with Crippen molar-refractivity contribution in [2.45, 2.75) is 45.7 Å². The number of aliphatic carboxylic acids is 2. The summed E-state index contributed by atoms with van der Waals surface area (Å²) in [4.78, 5) is 21.8. The van der Waals surface area contributed by atoms with Gasteiger partial charge >= 0.3 is 11.9 Å². The summed E-state index contributed by atoms with van der Waals surface area (Å²) in [5.74, 6) is -2.51. The Hall–Kier alpha value is -2.18. The standard InChI is InChI=1S/C16H26N2.C4H4O4/c1-3-12-18(16-8-10-17-11-9-16)13-15-7-5-4-6-14(15)2;5-3(6)1-2-4(7)8/h4-7,16-17H,3,8-13H2,1-2H3;1-2H,(H,5,6)(H,7,8)/b;2-1+. The third kappa shape index (κ3) is 8.78. The normalized spacial score (nSPS) is 14.9. The Bertz CT molecular complexity index is 579. The highest BCUT2D eigenvalue weighted by Crippen LogP contribution is 2.18. The third-order valence-electron chi connectivity index (χ3n) is 4.34. The van der Waals surface area contributed by atoms with Crippen LogP contribution in [-0.2, 0) is 16.1 Å². The van der Waals surface area contributed by atoms with E-state index >= 15 is 0 Å². The van der Waals surface area contributed by atoms with E-state index in [4.69, 9.17) is 10.2 Å². The highest BCUT2D eigenvalue weighted by atomic mass is 16.4. The van der Waals surface area contributed by atoms with E-state index in [0.717, 1.165) is 12.6 Å². The Labute approximate surface area is 155 Å². The molecule has 1 fully saturated rings. The van der Waals surface area contributed by atoms with Gasteiger partial charge in [-0.25, -0.2) is 9.59 Å². The lowest BCUT2D eigenvalue weighted by molar-refractivity contribution is -0.134. The van der Waals surface area contributed by atoms with E-state index in [1.807, 2.05) is 0 Å². The van der Waals surface area contributed by atoms with Gasteiger partial charge in [0.25, 0.3) is 0 Å². The van der Waals surface area contributed by atoms with Crippen molar-refractivity contribution in [3.63, 3.8) is 0 Å². The van der Waals surface area contributed by atoms with Gasteiger partial charge in [0.1, 0.15) is 0 Å². The molecule has 0 radical (unpaired) electrons. The fraction of sp³-hybridized carbons (Fsp3) is 0.500. The summed E-state index contributed by atoms with van der Waals surface area (Å²) in [5.41, 5.74) is 2.91. The number of rotatable bonds is 7. The smallest absolute Gasteiger partial charge is 0.328 e. The lowest BCUT2D eigenvalue weighted by Crippen LogP contribution is -2.43. The van der Waals surface area contributed by atoms with Gasteiger partial charge in [0.2, 0.25) is 0 Å². The van der Waals surface area contributed by atoms with Crippen LogP contribution in [0.2, 0.25) is 0 Å². The zero-order valence-corrected chi connectivity index (χ0v) is 15.6. The molecular weight excluding hydrogens is 332 g/mol. The van der Waals surface area contributed by atoms with Crippen LogP contribution < -0.4 is 5.32 Å². The average Bonchev–Trinajstić information content (AvgIpc) is 2.63. The van der Waals surface area contributed by atoms with Crippen molar-refractivity contribution >= 4 is 11.9 Å². The molecule has 0 bridgehead atoms. The Kier molecular flexibility index (Phi) is 10.3. The van der Waals surface area contributed by atoms with Crippen LogP contribution in [0, 0.1) is 6.92 Å². The van der Waals surface area contributed by atoms with Gasteiger partial charge in [0, 0.05) is 24.7 Å². The molecule has 0 aliphatic carbocycles. The first-order valence-corrected chi connectivity index (χ1v) is 9.07. The summed E-state index contributed by atoms with van der Waals surface area (Å²) in [5, 5.41) is 19.1. The van der Waals surface area contributed by atoms with Crippen molar-refractivity contribution in [2.24, 2.45) is 0 Å². The molecule has 0 unspecified atom stereocenters. The Morgan fingerprint density at radius 3 is 2.23 bits per heavy atom. The quantitative estimate of drug-likeness (QED) is 0.646. The van der Waals surface area contributed by atoms with E-state index in [1.54, 1.807) is 0 Å². The molecule has 144 valence electrons. The second-order valence-corrected chi connectivity index (χ2v) is 6.39. The molecule has 2 rings (SSSR count). The van der Waals surface area contributed by atoms with Gasteiger partial charge in [-0.05, 0) is 56.9 Å². The van der Waals surface area contributed by atoms with Crippen LogP contribution >= 0.6 is 0 Å². The molecular formula is C20H30N2O4. The van der Waals surface area contributed by atoms with E-state index in [9.17, 15) is 9.59 Å².